The number of methoxy groups -OCH3 is 4. The molecule has 0 aromatic heterocycles. The molecular formula is C28H40N2O4. The van der Waals surface area contributed by atoms with Crippen LogP contribution in [0.4, 0.5) is 0 Å². The Morgan fingerprint density at radius 3 is 1.29 bits per heavy atom. The van der Waals surface area contributed by atoms with Crippen molar-refractivity contribution in [3.63, 3.8) is 0 Å². The number of rotatable bonds is 11. The van der Waals surface area contributed by atoms with Crippen LogP contribution >= 0.6 is 0 Å². The fourth-order valence-electron chi connectivity index (χ4n) is 5.61. The van der Waals surface area contributed by atoms with E-state index in [1.54, 1.807) is 28.4 Å². The standard InChI is InChI=1S/C28H40N2O4/c1-31-25-11-13-27(33-3)23-17-19(7-9-21(23)25)29-15-5-6-16-30-20-8-10-22-24(18-20)28(34-4)14-12-26(22)32-2/h11-14,19-20,29-30H,5-10,15-18H2,1-4H3. The van der Waals surface area contributed by atoms with Crippen LogP contribution in [-0.4, -0.2) is 53.6 Å². The monoisotopic (exact) mass is 468 g/mol. The van der Waals surface area contributed by atoms with Gasteiger partial charge in [0, 0.05) is 34.3 Å². The van der Waals surface area contributed by atoms with Crippen molar-refractivity contribution in [3.8, 4) is 23.0 Å². The zero-order valence-corrected chi connectivity index (χ0v) is 21.2. The third kappa shape index (κ3) is 5.44. The van der Waals surface area contributed by atoms with E-state index in [1.165, 1.54) is 35.1 Å². The Hall–Kier alpha value is -2.44. The average Bonchev–Trinajstić information content (AvgIpc) is 2.89. The minimum Gasteiger partial charge on any atom is -0.496 e. The molecule has 6 heteroatoms. The van der Waals surface area contributed by atoms with Crippen molar-refractivity contribution in [2.45, 2.75) is 63.5 Å². The lowest BCUT2D eigenvalue weighted by atomic mass is 9.86. The topological polar surface area (TPSA) is 61.0 Å². The maximum Gasteiger partial charge on any atom is 0.122 e. The Morgan fingerprint density at radius 2 is 0.941 bits per heavy atom. The highest BCUT2D eigenvalue weighted by atomic mass is 16.5. The molecule has 0 amide bonds. The molecule has 0 aliphatic heterocycles. The third-order valence-electron chi connectivity index (χ3n) is 7.43. The van der Waals surface area contributed by atoms with E-state index < -0.39 is 0 Å². The van der Waals surface area contributed by atoms with Crippen LogP contribution in [0.25, 0.3) is 0 Å². The molecule has 0 radical (unpaired) electrons. The van der Waals surface area contributed by atoms with Gasteiger partial charge in [-0.2, -0.15) is 0 Å². The molecule has 2 unspecified atom stereocenters. The van der Waals surface area contributed by atoms with Crippen molar-refractivity contribution < 1.29 is 18.9 Å². The Bertz CT molecular complexity index is 884. The second-order valence-electron chi connectivity index (χ2n) is 9.35. The molecule has 2 aromatic carbocycles. The van der Waals surface area contributed by atoms with Crippen LogP contribution in [0.15, 0.2) is 24.3 Å². The lowest BCUT2D eigenvalue weighted by Gasteiger charge is -2.29. The van der Waals surface area contributed by atoms with Crippen LogP contribution < -0.4 is 29.6 Å². The second-order valence-corrected chi connectivity index (χ2v) is 9.35. The molecule has 2 aromatic rings. The van der Waals surface area contributed by atoms with E-state index in [0.29, 0.717) is 12.1 Å². The summed E-state index contributed by atoms with van der Waals surface area (Å²) in [5.41, 5.74) is 5.23. The van der Waals surface area contributed by atoms with E-state index in [9.17, 15) is 0 Å². The third-order valence-corrected chi connectivity index (χ3v) is 7.43. The molecule has 2 N–H and O–H groups in total. The average molecular weight is 469 g/mol. The first-order valence-electron chi connectivity index (χ1n) is 12.6. The molecule has 2 aliphatic carbocycles. The molecule has 4 rings (SSSR count). The van der Waals surface area contributed by atoms with Gasteiger partial charge in [0.1, 0.15) is 23.0 Å². The Kier molecular flexibility index (Phi) is 8.57. The van der Waals surface area contributed by atoms with E-state index >= 15 is 0 Å². The highest BCUT2D eigenvalue weighted by Gasteiger charge is 2.25. The van der Waals surface area contributed by atoms with Gasteiger partial charge >= 0.3 is 0 Å². The summed E-state index contributed by atoms with van der Waals surface area (Å²) in [7, 11) is 7.01. The molecule has 0 saturated heterocycles. The van der Waals surface area contributed by atoms with Crippen LogP contribution in [-0.2, 0) is 25.7 Å². The summed E-state index contributed by atoms with van der Waals surface area (Å²) < 4.78 is 22.4. The van der Waals surface area contributed by atoms with Gasteiger partial charge in [-0.3, -0.25) is 0 Å². The Morgan fingerprint density at radius 1 is 0.588 bits per heavy atom. The summed E-state index contributed by atoms with van der Waals surface area (Å²) in [4.78, 5) is 0. The molecule has 34 heavy (non-hydrogen) atoms. The quantitative estimate of drug-likeness (QED) is 0.485. The number of hydrogen-bond donors (Lipinski definition) is 2. The molecule has 6 nitrogen and oxygen atoms in total. The zero-order chi connectivity index (χ0) is 23.9. The van der Waals surface area contributed by atoms with Gasteiger partial charge in [-0.05, 0) is 88.7 Å². The molecule has 0 fully saturated rings. The molecule has 0 bridgehead atoms. The van der Waals surface area contributed by atoms with E-state index in [-0.39, 0.29) is 0 Å². The van der Waals surface area contributed by atoms with Gasteiger partial charge in [0.25, 0.3) is 0 Å². The normalized spacial score (nSPS) is 19.2. The van der Waals surface area contributed by atoms with E-state index in [4.69, 9.17) is 18.9 Å². The number of unbranched alkanes of at least 4 members (excludes halogenated alkanes) is 1. The fourth-order valence-corrected chi connectivity index (χ4v) is 5.61. The highest BCUT2D eigenvalue weighted by molar-refractivity contribution is 5.51. The first kappa shape index (κ1) is 24.7. The first-order valence-corrected chi connectivity index (χ1v) is 12.6. The fraction of sp³-hybridized carbons (Fsp3) is 0.571. The molecular weight excluding hydrogens is 428 g/mol. The minimum absolute atomic E-state index is 0.499. The molecule has 0 saturated carbocycles. The van der Waals surface area contributed by atoms with Crippen molar-refractivity contribution in [2.75, 3.05) is 41.5 Å². The first-order chi connectivity index (χ1) is 16.7. The van der Waals surface area contributed by atoms with Crippen LogP contribution in [0.1, 0.15) is 47.9 Å². The summed E-state index contributed by atoms with van der Waals surface area (Å²) >= 11 is 0. The smallest absolute Gasteiger partial charge is 0.122 e. The van der Waals surface area contributed by atoms with Crippen molar-refractivity contribution in [1.29, 1.82) is 0 Å². The van der Waals surface area contributed by atoms with E-state index in [1.807, 2.05) is 24.3 Å². The highest BCUT2D eigenvalue weighted by Crippen LogP contribution is 2.37. The predicted octanol–water partition coefficient (Wildman–Crippen LogP) is 4.10. The van der Waals surface area contributed by atoms with Gasteiger partial charge in [0.05, 0.1) is 28.4 Å². The van der Waals surface area contributed by atoms with Crippen LogP contribution in [0.2, 0.25) is 0 Å². The van der Waals surface area contributed by atoms with Crippen LogP contribution in [0, 0.1) is 0 Å². The lowest BCUT2D eigenvalue weighted by Crippen LogP contribution is -2.37. The molecule has 2 aliphatic rings. The van der Waals surface area contributed by atoms with Gasteiger partial charge in [-0.1, -0.05) is 0 Å². The number of nitrogens with one attached hydrogen (secondary N) is 2. The number of benzene rings is 2. The maximum atomic E-state index is 5.62. The van der Waals surface area contributed by atoms with Crippen LogP contribution in [0.3, 0.4) is 0 Å². The molecule has 2 atom stereocenters. The maximum absolute atomic E-state index is 5.62. The minimum atomic E-state index is 0.499. The lowest BCUT2D eigenvalue weighted by molar-refractivity contribution is 0.371. The van der Waals surface area contributed by atoms with Gasteiger partial charge in [0.15, 0.2) is 0 Å². The van der Waals surface area contributed by atoms with Gasteiger partial charge in [-0.15, -0.1) is 0 Å². The predicted molar refractivity (Wildman–Crippen MR) is 136 cm³/mol. The summed E-state index contributed by atoms with van der Waals surface area (Å²) in [5, 5.41) is 7.55. The van der Waals surface area contributed by atoms with Crippen molar-refractivity contribution >= 4 is 0 Å². The van der Waals surface area contributed by atoms with E-state index in [2.05, 4.69) is 10.6 Å². The number of hydrogen-bond acceptors (Lipinski definition) is 6. The SMILES string of the molecule is COc1ccc(OC)c2c1CCC(NCCCCNC1CCc3c(OC)ccc(OC)c3C1)C2. The number of ether oxygens (including phenoxy) is 4. The summed E-state index contributed by atoms with van der Waals surface area (Å²) in [6.07, 6.45) is 8.70. The van der Waals surface area contributed by atoms with E-state index in [0.717, 1.165) is 74.6 Å². The van der Waals surface area contributed by atoms with Gasteiger partial charge < -0.3 is 29.6 Å². The Balaban J connectivity index is 1.19. The number of fused-ring (bicyclic) bond motifs is 2. The largest absolute Gasteiger partial charge is 0.496 e. The zero-order valence-electron chi connectivity index (χ0n) is 21.2. The summed E-state index contributed by atoms with van der Waals surface area (Å²) in [5.74, 6) is 3.94. The molecule has 186 valence electrons. The van der Waals surface area contributed by atoms with Crippen molar-refractivity contribution in [1.82, 2.24) is 10.6 Å². The van der Waals surface area contributed by atoms with Crippen molar-refractivity contribution in [2.24, 2.45) is 0 Å². The summed E-state index contributed by atoms with van der Waals surface area (Å²) in [6, 6.07) is 9.10. The van der Waals surface area contributed by atoms with Gasteiger partial charge in [-0.25, -0.2) is 0 Å². The Labute approximate surface area is 204 Å². The van der Waals surface area contributed by atoms with Gasteiger partial charge in [0.2, 0.25) is 0 Å². The molecule has 0 heterocycles. The van der Waals surface area contributed by atoms with Crippen molar-refractivity contribution in [3.05, 3.63) is 46.5 Å². The molecule has 0 spiro atoms. The summed E-state index contributed by atoms with van der Waals surface area (Å²) in [6.45, 7) is 2.10. The second kappa shape index (κ2) is 11.8. The van der Waals surface area contributed by atoms with Crippen LogP contribution in [0.5, 0.6) is 23.0 Å².